The van der Waals surface area contributed by atoms with E-state index in [9.17, 15) is 26.4 Å². The van der Waals surface area contributed by atoms with E-state index in [1.807, 2.05) is 4.90 Å². The molecule has 1 aliphatic heterocycles. The smallest absolute Gasteiger partial charge is 0.417 e. The zero-order valence-corrected chi connectivity index (χ0v) is 23.2. The molecule has 41 heavy (non-hydrogen) atoms. The van der Waals surface area contributed by atoms with Gasteiger partial charge in [0.25, 0.3) is 0 Å². The first kappa shape index (κ1) is 30.5. The molecule has 1 amide bonds. The molecule has 10 nitrogen and oxygen atoms in total. The van der Waals surface area contributed by atoms with Crippen molar-refractivity contribution in [3.63, 3.8) is 0 Å². The first-order chi connectivity index (χ1) is 19.5. The van der Waals surface area contributed by atoms with Gasteiger partial charge in [0.15, 0.2) is 14.6 Å². The number of aryl methyl sites for hydroxylation is 1. The van der Waals surface area contributed by atoms with E-state index in [-0.39, 0.29) is 48.1 Å². The predicted molar refractivity (Wildman–Crippen MR) is 142 cm³/mol. The number of alkyl halides is 3. The van der Waals surface area contributed by atoms with Gasteiger partial charge in [-0.2, -0.15) is 13.2 Å². The number of likely N-dealkylation sites (tertiary alicyclic amines) is 1. The number of methoxy groups -OCH3 is 1. The SMILES string of the molecule is COCCN1CCC(C(N)=O)(S(=O)(=O)c2ccc(OCCCc3nnc(-c4ccccc4C(F)(F)F)o3)cc2)CC1. The summed E-state index contributed by atoms with van der Waals surface area (Å²) in [6.07, 6.45) is -3.71. The standard InChI is InChI=1S/C27H31F3N4O6S/c1-38-18-16-34-14-12-26(13-15-34,25(31)35)41(36,37)20-10-8-19(9-11-20)39-17-4-7-23-32-33-24(40-23)21-5-2-3-6-22(21)27(28,29)30/h2-3,5-6,8-11H,4,7,12-18H2,1H3,(H2,31,35). The summed E-state index contributed by atoms with van der Waals surface area (Å²) in [5.41, 5.74) is 4.58. The first-order valence-electron chi connectivity index (χ1n) is 13.0. The maximum Gasteiger partial charge on any atom is 0.417 e. The van der Waals surface area contributed by atoms with Gasteiger partial charge in [-0.25, -0.2) is 8.42 Å². The van der Waals surface area contributed by atoms with E-state index in [1.165, 1.54) is 42.5 Å². The number of amides is 1. The highest BCUT2D eigenvalue weighted by Crippen LogP contribution is 2.37. The van der Waals surface area contributed by atoms with E-state index in [1.54, 1.807) is 7.11 Å². The molecule has 2 heterocycles. The van der Waals surface area contributed by atoms with Crippen molar-refractivity contribution in [3.8, 4) is 17.2 Å². The zero-order valence-electron chi connectivity index (χ0n) is 22.4. The first-order valence-corrected chi connectivity index (χ1v) is 14.4. The Balaban J connectivity index is 1.33. The van der Waals surface area contributed by atoms with Crippen LogP contribution in [0.15, 0.2) is 57.8 Å². The van der Waals surface area contributed by atoms with E-state index in [0.29, 0.717) is 38.4 Å². The second kappa shape index (κ2) is 12.6. The number of primary amides is 1. The average Bonchev–Trinajstić information content (AvgIpc) is 3.43. The lowest BCUT2D eigenvalue weighted by Crippen LogP contribution is -2.57. The molecule has 2 N–H and O–H groups in total. The topological polar surface area (TPSA) is 138 Å². The molecule has 14 heteroatoms. The third-order valence-electron chi connectivity index (χ3n) is 7.11. The molecule has 0 saturated carbocycles. The molecule has 0 unspecified atom stereocenters. The number of carbonyl (C=O) groups is 1. The van der Waals surface area contributed by atoms with Crippen LogP contribution in [-0.4, -0.2) is 74.1 Å². The van der Waals surface area contributed by atoms with Gasteiger partial charge >= 0.3 is 6.18 Å². The number of halogens is 3. The fourth-order valence-corrected chi connectivity index (χ4v) is 6.67. The van der Waals surface area contributed by atoms with Crippen molar-refractivity contribution >= 4 is 15.7 Å². The largest absolute Gasteiger partial charge is 0.494 e. The molecule has 0 bridgehead atoms. The Morgan fingerprint density at radius 3 is 2.39 bits per heavy atom. The van der Waals surface area contributed by atoms with Crippen molar-refractivity contribution in [2.24, 2.45) is 5.73 Å². The van der Waals surface area contributed by atoms with E-state index >= 15 is 0 Å². The fraction of sp³-hybridized carbons (Fsp3) is 0.444. The Morgan fingerprint density at radius 1 is 1.07 bits per heavy atom. The lowest BCUT2D eigenvalue weighted by atomic mass is 9.95. The summed E-state index contributed by atoms with van der Waals surface area (Å²) in [6.45, 7) is 2.15. The summed E-state index contributed by atoms with van der Waals surface area (Å²) in [7, 11) is -2.48. The molecule has 1 aliphatic rings. The average molecular weight is 597 g/mol. The van der Waals surface area contributed by atoms with Crippen LogP contribution in [0.4, 0.5) is 13.2 Å². The van der Waals surface area contributed by atoms with Crippen LogP contribution in [0.3, 0.4) is 0 Å². The maximum absolute atomic E-state index is 13.5. The Bertz CT molecular complexity index is 1440. The minimum Gasteiger partial charge on any atom is -0.494 e. The minimum atomic E-state index is -4.56. The van der Waals surface area contributed by atoms with Gasteiger partial charge in [0.05, 0.1) is 29.2 Å². The Morgan fingerprint density at radius 2 is 1.76 bits per heavy atom. The number of piperidine rings is 1. The third kappa shape index (κ3) is 6.71. The number of aromatic nitrogens is 2. The van der Waals surface area contributed by atoms with Crippen molar-refractivity contribution < 1.29 is 40.3 Å². The number of nitrogens with zero attached hydrogens (tertiary/aromatic N) is 3. The van der Waals surface area contributed by atoms with Crippen molar-refractivity contribution in [1.29, 1.82) is 0 Å². The second-order valence-electron chi connectivity index (χ2n) is 9.66. The number of nitrogens with two attached hydrogens (primary N) is 1. The summed E-state index contributed by atoms with van der Waals surface area (Å²) in [6, 6.07) is 10.7. The molecule has 1 saturated heterocycles. The summed E-state index contributed by atoms with van der Waals surface area (Å²) in [4.78, 5) is 14.4. The number of ether oxygens (including phenoxy) is 2. The normalized spacial score (nSPS) is 16.0. The zero-order chi connectivity index (χ0) is 29.7. The summed E-state index contributed by atoms with van der Waals surface area (Å²) < 4.78 is 81.3. The van der Waals surface area contributed by atoms with Gasteiger partial charge in [-0.3, -0.25) is 4.79 Å². The van der Waals surface area contributed by atoms with Crippen LogP contribution in [0, 0.1) is 0 Å². The lowest BCUT2D eigenvalue weighted by Gasteiger charge is -2.38. The Kier molecular flexibility index (Phi) is 9.34. The minimum absolute atomic E-state index is 0.0217. The van der Waals surface area contributed by atoms with Crippen molar-refractivity contribution in [1.82, 2.24) is 15.1 Å². The van der Waals surface area contributed by atoms with E-state index in [0.717, 1.165) is 6.07 Å². The summed E-state index contributed by atoms with van der Waals surface area (Å²) in [5.74, 6) is -0.529. The van der Waals surface area contributed by atoms with Crippen molar-refractivity contribution in [2.75, 3.05) is 40.0 Å². The second-order valence-corrected chi connectivity index (χ2v) is 11.9. The van der Waals surface area contributed by atoms with Gasteiger partial charge in [0.1, 0.15) is 5.75 Å². The van der Waals surface area contributed by atoms with Crippen LogP contribution in [0.2, 0.25) is 0 Å². The van der Waals surface area contributed by atoms with Crippen LogP contribution < -0.4 is 10.5 Å². The quantitative estimate of drug-likeness (QED) is 0.311. The van der Waals surface area contributed by atoms with Gasteiger partial charge in [-0.1, -0.05) is 12.1 Å². The van der Waals surface area contributed by atoms with E-state index in [4.69, 9.17) is 19.6 Å². The number of carbonyl (C=O) groups excluding carboxylic acids is 1. The molecule has 1 aromatic heterocycles. The molecule has 4 rings (SSSR count). The third-order valence-corrected chi connectivity index (χ3v) is 9.64. The van der Waals surface area contributed by atoms with Crippen LogP contribution in [0.1, 0.15) is 30.7 Å². The molecule has 0 spiro atoms. The van der Waals surface area contributed by atoms with Crippen LogP contribution >= 0.6 is 0 Å². The molecule has 0 atom stereocenters. The van der Waals surface area contributed by atoms with Crippen molar-refractivity contribution in [3.05, 3.63) is 60.0 Å². The van der Waals surface area contributed by atoms with Crippen LogP contribution in [0.5, 0.6) is 5.75 Å². The van der Waals surface area contributed by atoms with Gasteiger partial charge in [0, 0.05) is 33.2 Å². The lowest BCUT2D eigenvalue weighted by molar-refractivity contribution is -0.137. The molecule has 0 radical (unpaired) electrons. The number of hydrogen-bond acceptors (Lipinski definition) is 9. The molecular formula is C27H31F3N4O6S. The number of sulfone groups is 1. The van der Waals surface area contributed by atoms with E-state index in [2.05, 4.69) is 10.2 Å². The highest BCUT2D eigenvalue weighted by Gasteiger charge is 2.51. The Labute approximate surface area is 235 Å². The Hall–Kier alpha value is -3.49. The highest BCUT2D eigenvalue weighted by atomic mass is 32.2. The maximum atomic E-state index is 13.5. The fourth-order valence-electron chi connectivity index (χ4n) is 4.74. The molecule has 2 aromatic carbocycles. The van der Waals surface area contributed by atoms with Crippen LogP contribution in [-0.2, 0) is 32.0 Å². The van der Waals surface area contributed by atoms with Crippen LogP contribution in [0.25, 0.3) is 11.5 Å². The number of benzene rings is 2. The molecular weight excluding hydrogens is 565 g/mol. The van der Waals surface area contributed by atoms with Crippen molar-refractivity contribution in [2.45, 2.75) is 41.5 Å². The van der Waals surface area contributed by atoms with E-state index < -0.39 is 32.2 Å². The predicted octanol–water partition coefficient (Wildman–Crippen LogP) is 3.51. The molecule has 0 aliphatic carbocycles. The summed E-state index contributed by atoms with van der Waals surface area (Å²) in [5, 5.41) is 7.58. The molecule has 222 valence electrons. The highest BCUT2D eigenvalue weighted by molar-refractivity contribution is 7.93. The van der Waals surface area contributed by atoms with Gasteiger partial charge in [0.2, 0.25) is 17.7 Å². The molecule has 3 aromatic rings. The van der Waals surface area contributed by atoms with Gasteiger partial charge in [-0.15, -0.1) is 10.2 Å². The summed E-state index contributed by atoms with van der Waals surface area (Å²) >= 11 is 0. The molecule has 1 fully saturated rings. The number of rotatable bonds is 12. The monoisotopic (exact) mass is 596 g/mol. The number of hydrogen-bond donors (Lipinski definition) is 1. The van der Waals surface area contributed by atoms with Gasteiger partial charge in [-0.05, 0) is 55.7 Å². The van der Waals surface area contributed by atoms with Gasteiger partial charge < -0.3 is 24.5 Å².